The van der Waals surface area contributed by atoms with Crippen LogP contribution in [0.15, 0.2) is 22.7 Å². The lowest BCUT2D eigenvalue weighted by molar-refractivity contribution is -0.141. The lowest BCUT2D eigenvalue weighted by atomic mass is 9.88. The molecule has 2 heterocycles. The number of fused-ring (bicyclic) bond motifs is 1. The van der Waals surface area contributed by atoms with Crippen LogP contribution in [0, 0.1) is 0 Å². The van der Waals surface area contributed by atoms with Crippen LogP contribution in [0.25, 0.3) is 0 Å². The van der Waals surface area contributed by atoms with E-state index in [1.165, 1.54) is 11.1 Å². The van der Waals surface area contributed by atoms with Gasteiger partial charge in [0.15, 0.2) is 0 Å². The number of nitrogens with zero attached hydrogens (tertiary/aromatic N) is 1. The third-order valence-corrected chi connectivity index (χ3v) is 5.05. The number of ether oxygens (including phenoxy) is 1. The largest absolute Gasteiger partial charge is 0.381 e. The lowest BCUT2D eigenvalue weighted by Crippen LogP contribution is -2.58. The van der Waals surface area contributed by atoms with Crippen molar-refractivity contribution in [2.24, 2.45) is 5.73 Å². The molecular weight excluding hydrogens is 356 g/mol. The highest BCUT2D eigenvalue weighted by Gasteiger charge is 2.39. The smallest absolute Gasteiger partial charge is 0.243 e. The van der Waals surface area contributed by atoms with Crippen LogP contribution in [-0.2, 0) is 22.5 Å². The highest BCUT2D eigenvalue weighted by molar-refractivity contribution is 9.10. The zero-order valence-electron chi connectivity index (χ0n) is 11.8. The maximum Gasteiger partial charge on any atom is 0.243 e. The summed E-state index contributed by atoms with van der Waals surface area (Å²) in [4.78, 5) is 14.6. The number of benzene rings is 1. The number of rotatable bonds is 1. The highest BCUT2D eigenvalue weighted by Crippen LogP contribution is 2.29. The summed E-state index contributed by atoms with van der Waals surface area (Å²) < 4.78 is 6.45. The van der Waals surface area contributed by atoms with E-state index in [0.29, 0.717) is 32.6 Å². The van der Waals surface area contributed by atoms with E-state index >= 15 is 0 Å². The molecule has 0 aliphatic carbocycles. The molecule has 2 aliphatic rings. The van der Waals surface area contributed by atoms with Gasteiger partial charge in [0.1, 0.15) is 0 Å². The van der Waals surface area contributed by atoms with Crippen LogP contribution in [-0.4, -0.2) is 36.1 Å². The van der Waals surface area contributed by atoms with E-state index in [-0.39, 0.29) is 18.3 Å². The Balaban J connectivity index is 0.00000161. The molecule has 4 nitrogen and oxygen atoms in total. The summed E-state index contributed by atoms with van der Waals surface area (Å²) in [6.07, 6.45) is 2.12. The van der Waals surface area contributed by atoms with Crippen LogP contribution in [0.5, 0.6) is 0 Å². The van der Waals surface area contributed by atoms with Crippen molar-refractivity contribution in [1.82, 2.24) is 4.90 Å². The van der Waals surface area contributed by atoms with Gasteiger partial charge in [0, 0.05) is 30.8 Å². The van der Waals surface area contributed by atoms with Gasteiger partial charge >= 0.3 is 0 Å². The normalized spacial score (nSPS) is 20.4. The van der Waals surface area contributed by atoms with Crippen molar-refractivity contribution in [1.29, 1.82) is 0 Å². The molecule has 0 unspecified atom stereocenters. The minimum absolute atomic E-state index is 0. The quantitative estimate of drug-likeness (QED) is 0.819. The predicted octanol–water partition coefficient (Wildman–Crippen LogP) is 2.26. The van der Waals surface area contributed by atoms with Gasteiger partial charge in [-0.1, -0.05) is 28.1 Å². The minimum atomic E-state index is -0.734. The molecule has 2 aliphatic heterocycles. The second-order valence-electron chi connectivity index (χ2n) is 5.62. The summed E-state index contributed by atoms with van der Waals surface area (Å²) in [5.41, 5.74) is 8.10. The molecule has 0 radical (unpaired) electrons. The number of hydrogen-bond acceptors (Lipinski definition) is 3. The van der Waals surface area contributed by atoms with Crippen LogP contribution >= 0.6 is 28.3 Å². The second kappa shape index (κ2) is 6.65. The molecule has 0 saturated carbocycles. The van der Waals surface area contributed by atoms with Crippen molar-refractivity contribution in [2.75, 3.05) is 19.8 Å². The van der Waals surface area contributed by atoms with Gasteiger partial charge in [0.25, 0.3) is 0 Å². The highest BCUT2D eigenvalue weighted by atomic mass is 79.9. The fourth-order valence-electron chi connectivity index (χ4n) is 3.00. The summed E-state index contributed by atoms with van der Waals surface area (Å²) in [5.74, 6) is 0.0754. The maximum absolute atomic E-state index is 12.7. The molecule has 0 aromatic heterocycles. The van der Waals surface area contributed by atoms with Crippen molar-refractivity contribution in [3.05, 3.63) is 33.8 Å². The number of halogens is 2. The molecule has 116 valence electrons. The topological polar surface area (TPSA) is 55.6 Å². The molecule has 2 N–H and O–H groups in total. The average molecular weight is 376 g/mol. The van der Waals surface area contributed by atoms with E-state index in [2.05, 4.69) is 28.1 Å². The van der Waals surface area contributed by atoms with Gasteiger partial charge in [-0.2, -0.15) is 0 Å². The third kappa shape index (κ3) is 3.26. The maximum atomic E-state index is 12.7. The summed E-state index contributed by atoms with van der Waals surface area (Å²) >= 11 is 3.58. The standard InChI is InChI=1S/C15H19BrN2O2.ClH/c16-13-3-1-2-11-10-18(7-4-12(11)13)14(19)15(17)5-8-20-9-6-15;/h1-3H,4-10,17H2;1H. The van der Waals surface area contributed by atoms with Crippen molar-refractivity contribution in [2.45, 2.75) is 31.3 Å². The van der Waals surface area contributed by atoms with E-state index in [1.54, 1.807) is 0 Å². The van der Waals surface area contributed by atoms with E-state index in [4.69, 9.17) is 10.5 Å². The van der Waals surface area contributed by atoms with Gasteiger partial charge < -0.3 is 15.4 Å². The van der Waals surface area contributed by atoms with Crippen LogP contribution < -0.4 is 5.73 Å². The number of amides is 1. The first kappa shape index (κ1) is 16.7. The summed E-state index contributed by atoms with van der Waals surface area (Å²) in [7, 11) is 0. The predicted molar refractivity (Wildman–Crippen MR) is 87.5 cm³/mol. The summed E-state index contributed by atoms with van der Waals surface area (Å²) in [6, 6.07) is 6.16. The lowest BCUT2D eigenvalue weighted by Gasteiger charge is -2.39. The minimum Gasteiger partial charge on any atom is -0.381 e. The van der Waals surface area contributed by atoms with Crippen LogP contribution in [0.3, 0.4) is 0 Å². The van der Waals surface area contributed by atoms with E-state index in [1.807, 2.05) is 11.0 Å². The van der Waals surface area contributed by atoms with Gasteiger partial charge in [-0.3, -0.25) is 4.79 Å². The van der Waals surface area contributed by atoms with Gasteiger partial charge in [-0.05, 0) is 36.5 Å². The zero-order chi connectivity index (χ0) is 14.2. The number of carbonyl (C=O) groups is 1. The Bertz CT molecular complexity index is 532. The Labute approximate surface area is 139 Å². The van der Waals surface area contributed by atoms with Gasteiger partial charge in [0.05, 0.1) is 5.54 Å². The first-order valence-corrected chi connectivity index (χ1v) is 7.82. The molecule has 6 heteroatoms. The van der Waals surface area contributed by atoms with Crippen LogP contribution in [0.4, 0.5) is 0 Å². The molecule has 3 rings (SSSR count). The molecule has 0 bridgehead atoms. The Morgan fingerprint density at radius 2 is 2.05 bits per heavy atom. The fraction of sp³-hybridized carbons (Fsp3) is 0.533. The van der Waals surface area contributed by atoms with Gasteiger partial charge in [0.2, 0.25) is 5.91 Å². The fourth-order valence-corrected chi connectivity index (χ4v) is 3.61. The third-order valence-electron chi connectivity index (χ3n) is 4.31. The molecular formula is C15H20BrClN2O2. The number of hydrogen-bond donors (Lipinski definition) is 1. The van der Waals surface area contributed by atoms with Crippen molar-refractivity contribution in [3.63, 3.8) is 0 Å². The molecule has 1 aromatic rings. The Morgan fingerprint density at radius 3 is 2.76 bits per heavy atom. The van der Waals surface area contributed by atoms with E-state index < -0.39 is 5.54 Å². The Hall–Kier alpha value is -0.620. The Kier molecular flexibility index (Phi) is 5.30. The number of nitrogens with two attached hydrogens (primary N) is 1. The van der Waals surface area contributed by atoms with Crippen molar-refractivity contribution < 1.29 is 9.53 Å². The van der Waals surface area contributed by atoms with Gasteiger partial charge in [-0.15, -0.1) is 12.4 Å². The monoisotopic (exact) mass is 374 g/mol. The molecule has 21 heavy (non-hydrogen) atoms. The van der Waals surface area contributed by atoms with E-state index in [9.17, 15) is 4.79 Å². The molecule has 1 fully saturated rings. The van der Waals surface area contributed by atoms with E-state index in [0.717, 1.165) is 17.4 Å². The molecule has 0 atom stereocenters. The molecule has 1 aromatic carbocycles. The average Bonchev–Trinajstić information content (AvgIpc) is 2.47. The first-order chi connectivity index (χ1) is 9.60. The zero-order valence-corrected chi connectivity index (χ0v) is 14.2. The van der Waals surface area contributed by atoms with Crippen LogP contribution in [0.2, 0.25) is 0 Å². The van der Waals surface area contributed by atoms with Gasteiger partial charge in [-0.25, -0.2) is 0 Å². The molecule has 1 amide bonds. The molecule has 1 saturated heterocycles. The van der Waals surface area contributed by atoms with Crippen LogP contribution in [0.1, 0.15) is 24.0 Å². The Morgan fingerprint density at radius 1 is 1.33 bits per heavy atom. The van der Waals surface area contributed by atoms with Crippen molar-refractivity contribution in [3.8, 4) is 0 Å². The van der Waals surface area contributed by atoms with Crippen molar-refractivity contribution >= 4 is 34.2 Å². The second-order valence-corrected chi connectivity index (χ2v) is 6.48. The SMILES string of the molecule is Cl.NC1(C(=O)N2CCc3c(Br)cccc3C2)CCOCC1. The molecule has 0 spiro atoms. The number of carbonyl (C=O) groups excluding carboxylic acids is 1. The summed E-state index contributed by atoms with van der Waals surface area (Å²) in [5, 5.41) is 0. The summed E-state index contributed by atoms with van der Waals surface area (Å²) in [6.45, 7) is 2.57. The first-order valence-electron chi connectivity index (χ1n) is 7.02.